The molecule has 1 aliphatic rings. The van der Waals surface area contributed by atoms with Gasteiger partial charge in [0.1, 0.15) is 5.00 Å². The van der Waals surface area contributed by atoms with Gasteiger partial charge in [-0.1, -0.05) is 50.0 Å². The maximum Gasteiger partial charge on any atom is 0.407 e. The number of anilines is 2. The van der Waals surface area contributed by atoms with Crippen molar-refractivity contribution in [2.24, 2.45) is 0 Å². The predicted molar refractivity (Wildman–Crippen MR) is 137 cm³/mol. The molecule has 2 aromatic rings. The monoisotopic (exact) mass is 526 g/mol. The Kier molecular flexibility index (Phi) is 7.40. The number of nitrogens with zero attached hydrogens (tertiary/aromatic N) is 2. The molecule has 8 nitrogen and oxygen atoms in total. The highest BCUT2D eigenvalue weighted by Gasteiger charge is 2.40. The Morgan fingerprint density at radius 2 is 1.79 bits per heavy atom. The second-order valence-electron chi connectivity index (χ2n) is 9.76. The summed E-state index contributed by atoms with van der Waals surface area (Å²) in [4.78, 5) is 41.8. The number of urea groups is 1. The number of amides is 4. The van der Waals surface area contributed by atoms with Gasteiger partial charge in [0.25, 0.3) is 5.91 Å². The van der Waals surface area contributed by atoms with Crippen LogP contribution in [-0.4, -0.2) is 58.1 Å². The van der Waals surface area contributed by atoms with Crippen molar-refractivity contribution in [3.05, 3.63) is 44.8 Å². The largest absolute Gasteiger partial charge is 0.465 e. The topological polar surface area (TPSA) is 102 Å². The van der Waals surface area contributed by atoms with Crippen LogP contribution in [0.1, 0.15) is 49.9 Å². The molecule has 1 saturated heterocycles. The van der Waals surface area contributed by atoms with Crippen LogP contribution in [0.2, 0.25) is 10.0 Å². The van der Waals surface area contributed by atoms with Crippen LogP contribution in [0, 0.1) is 0 Å². The van der Waals surface area contributed by atoms with E-state index >= 15 is 0 Å². The van der Waals surface area contributed by atoms with Crippen LogP contribution in [-0.2, 0) is 5.41 Å². The van der Waals surface area contributed by atoms with Crippen LogP contribution in [0.5, 0.6) is 0 Å². The summed E-state index contributed by atoms with van der Waals surface area (Å²) in [5.41, 5.74) is -0.257. The number of nitrogens with one attached hydrogen (secondary N) is 2. The number of hydrogen-bond donors (Lipinski definition) is 3. The highest BCUT2D eigenvalue weighted by atomic mass is 35.5. The standard InChI is InChI=1S/C23H28Cl2N4O4S/c1-22(2,3)16-11-13(19(30)29-10-9-28(21(32)33)12-23(29,4)5)18(34-16)27-20(31)26-15-8-6-7-14(24)17(15)25/h6-8,11H,9-10,12H2,1-5H3,(H,32,33)(H2,26,27,31). The number of benzene rings is 1. The van der Waals surface area contributed by atoms with Gasteiger partial charge >= 0.3 is 12.1 Å². The van der Waals surface area contributed by atoms with Gasteiger partial charge in [0, 0.05) is 24.5 Å². The van der Waals surface area contributed by atoms with Gasteiger partial charge < -0.3 is 20.2 Å². The van der Waals surface area contributed by atoms with E-state index in [0.717, 1.165) is 4.88 Å². The molecule has 3 N–H and O–H groups in total. The van der Waals surface area contributed by atoms with E-state index in [1.54, 1.807) is 29.2 Å². The van der Waals surface area contributed by atoms with Gasteiger partial charge in [0.15, 0.2) is 0 Å². The van der Waals surface area contributed by atoms with Crippen molar-refractivity contribution in [1.29, 1.82) is 0 Å². The first-order chi connectivity index (χ1) is 15.7. The number of thiophene rings is 1. The molecule has 184 valence electrons. The molecule has 34 heavy (non-hydrogen) atoms. The molecule has 11 heteroatoms. The third-order valence-corrected chi connectivity index (χ3v) is 7.84. The van der Waals surface area contributed by atoms with E-state index in [1.807, 2.05) is 34.6 Å². The van der Waals surface area contributed by atoms with Crippen molar-refractivity contribution < 1.29 is 19.5 Å². The fraction of sp³-hybridized carbons (Fsp3) is 0.435. The summed E-state index contributed by atoms with van der Waals surface area (Å²) in [6.07, 6.45) is -1.01. The average molecular weight is 527 g/mol. The molecular weight excluding hydrogens is 499 g/mol. The Bertz CT molecular complexity index is 1130. The lowest BCUT2D eigenvalue weighted by Crippen LogP contribution is -2.61. The van der Waals surface area contributed by atoms with E-state index in [4.69, 9.17) is 23.2 Å². The van der Waals surface area contributed by atoms with Gasteiger partial charge in [-0.25, -0.2) is 9.59 Å². The molecule has 4 amide bonds. The first-order valence-corrected chi connectivity index (χ1v) is 12.2. The van der Waals surface area contributed by atoms with Crippen molar-refractivity contribution in [3.8, 4) is 0 Å². The number of piperazine rings is 1. The molecular formula is C23H28Cl2N4O4S. The van der Waals surface area contributed by atoms with Crippen molar-refractivity contribution in [2.45, 2.75) is 45.6 Å². The van der Waals surface area contributed by atoms with E-state index in [2.05, 4.69) is 10.6 Å². The Hall–Kier alpha value is -2.49. The van der Waals surface area contributed by atoms with E-state index in [0.29, 0.717) is 21.3 Å². The fourth-order valence-corrected chi connectivity index (χ4v) is 5.16. The number of halogens is 2. The highest BCUT2D eigenvalue weighted by molar-refractivity contribution is 7.16. The van der Waals surface area contributed by atoms with Gasteiger partial charge in [0.05, 0.1) is 26.8 Å². The average Bonchev–Trinajstić information content (AvgIpc) is 3.14. The van der Waals surface area contributed by atoms with E-state index in [-0.39, 0.29) is 36.0 Å². The second kappa shape index (κ2) is 9.64. The van der Waals surface area contributed by atoms with Crippen molar-refractivity contribution in [3.63, 3.8) is 0 Å². The maximum absolute atomic E-state index is 13.6. The van der Waals surface area contributed by atoms with Crippen LogP contribution in [0.25, 0.3) is 0 Å². The minimum atomic E-state index is -1.01. The lowest BCUT2D eigenvalue weighted by atomic mass is 9.93. The molecule has 0 radical (unpaired) electrons. The van der Waals surface area contributed by atoms with Gasteiger partial charge in [-0.05, 0) is 37.5 Å². The second-order valence-corrected chi connectivity index (χ2v) is 11.6. The zero-order chi connectivity index (χ0) is 25.4. The molecule has 1 aliphatic heterocycles. The zero-order valence-electron chi connectivity index (χ0n) is 19.7. The molecule has 1 fully saturated rings. The van der Waals surface area contributed by atoms with Gasteiger partial charge in [-0.15, -0.1) is 11.3 Å². The molecule has 0 spiro atoms. The molecule has 1 aromatic carbocycles. The van der Waals surface area contributed by atoms with Gasteiger partial charge in [0.2, 0.25) is 0 Å². The highest BCUT2D eigenvalue weighted by Crippen LogP contribution is 2.38. The number of carbonyl (C=O) groups excluding carboxylic acids is 2. The van der Waals surface area contributed by atoms with Crippen LogP contribution >= 0.6 is 34.5 Å². The Labute approximate surface area is 212 Å². The molecule has 1 aromatic heterocycles. The lowest BCUT2D eigenvalue weighted by Gasteiger charge is -2.46. The Morgan fingerprint density at radius 3 is 2.38 bits per heavy atom. The number of carboxylic acid groups (broad SMARTS) is 1. The van der Waals surface area contributed by atoms with Crippen LogP contribution in [0.3, 0.4) is 0 Å². The minimum absolute atomic E-state index is 0.195. The number of carbonyl (C=O) groups is 3. The SMILES string of the molecule is CC(C)(C)c1cc(C(=O)N2CCN(C(=O)O)CC2(C)C)c(NC(=O)Nc2cccc(Cl)c2Cl)s1. The van der Waals surface area contributed by atoms with E-state index in [9.17, 15) is 19.5 Å². The molecule has 0 atom stereocenters. The quantitative estimate of drug-likeness (QED) is 0.442. The Balaban J connectivity index is 1.89. The maximum atomic E-state index is 13.6. The minimum Gasteiger partial charge on any atom is -0.465 e. The first kappa shape index (κ1) is 26.1. The summed E-state index contributed by atoms with van der Waals surface area (Å²) in [5, 5.41) is 15.7. The smallest absolute Gasteiger partial charge is 0.407 e. The molecule has 2 heterocycles. The molecule has 0 aliphatic carbocycles. The molecule has 0 saturated carbocycles. The fourth-order valence-electron chi connectivity index (χ4n) is 3.71. The lowest BCUT2D eigenvalue weighted by molar-refractivity contribution is 0.0201. The van der Waals surface area contributed by atoms with Gasteiger partial charge in [-0.2, -0.15) is 0 Å². The van der Waals surface area contributed by atoms with Gasteiger partial charge in [-0.3, -0.25) is 10.1 Å². The summed E-state index contributed by atoms with van der Waals surface area (Å²) in [5.74, 6) is -0.266. The number of rotatable bonds is 3. The third kappa shape index (κ3) is 5.59. The number of hydrogen-bond acceptors (Lipinski definition) is 4. The molecule has 3 rings (SSSR count). The first-order valence-electron chi connectivity index (χ1n) is 10.7. The normalized spacial score (nSPS) is 15.7. The van der Waals surface area contributed by atoms with Crippen LogP contribution in [0.15, 0.2) is 24.3 Å². The van der Waals surface area contributed by atoms with E-state index in [1.165, 1.54) is 16.2 Å². The third-order valence-electron chi connectivity index (χ3n) is 5.55. The summed E-state index contributed by atoms with van der Waals surface area (Å²) < 4.78 is 0. The zero-order valence-corrected chi connectivity index (χ0v) is 22.0. The van der Waals surface area contributed by atoms with Crippen molar-refractivity contribution in [1.82, 2.24) is 9.80 Å². The molecule has 0 bridgehead atoms. The van der Waals surface area contributed by atoms with Crippen molar-refractivity contribution >= 4 is 63.3 Å². The van der Waals surface area contributed by atoms with Crippen molar-refractivity contribution in [2.75, 3.05) is 30.3 Å². The predicted octanol–water partition coefficient (Wildman–Crippen LogP) is 6.21. The molecule has 0 unspecified atom stereocenters. The van der Waals surface area contributed by atoms with Crippen LogP contribution in [0.4, 0.5) is 20.3 Å². The summed E-state index contributed by atoms with van der Waals surface area (Å²) in [6, 6.07) is 6.15. The summed E-state index contributed by atoms with van der Waals surface area (Å²) in [7, 11) is 0. The summed E-state index contributed by atoms with van der Waals surface area (Å²) in [6.45, 7) is 10.4. The van der Waals surface area contributed by atoms with Crippen LogP contribution < -0.4 is 10.6 Å². The Morgan fingerprint density at radius 1 is 1.12 bits per heavy atom. The summed E-state index contributed by atoms with van der Waals surface area (Å²) >= 11 is 13.5. The van der Waals surface area contributed by atoms with E-state index < -0.39 is 17.7 Å².